The van der Waals surface area contributed by atoms with Gasteiger partial charge in [0.1, 0.15) is 11.4 Å². The molecule has 2 N–H and O–H groups in total. The number of hydrogen-bond donors (Lipinski definition) is 2. The molecule has 0 saturated heterocycles. The second-order valence-corrected chi connectivity index (χ2v) is 11.8. The molecule has 8 rings (SSSR count). The summed E-state index contributed by atoms with van der Waals surface area (Å²) < 4.78 is 7.60. The van der Waals surface area contributed by atoms with Crippen molar-refractivity contribution in [3.8, 4) is 33.8 Å². The van der Waals surface area contributed by atoms with Crippen LogP contribution in [0.25, 0.3) is 68.6 Å². The quantitative estimate of drug-likeness (QED) is 0.200. The van der Waals surface area contributed by atoms with E-state index in [0.29, 0.717) is 5.75 Å². The number of aryl methyl sites for hydroxylation is 1. The van der Waals surface area contributed by atoms with Gasteiger partial charge in [-0.15, -0.1) is 0 Å². The molecule has 45 heavy (non-hydrogen) atoms. The molecule has 0 unspecified atom stereocenters. The number of aromatic nitrogens is 4. The highest BCUT2D eigenvalue weighted by Gasteiger charge is 2.18. The summed E-state index contributed by atoms with van der Waals surface area (Å²) >= 11 is 3.86. The van der Waals surface area contributed by atoms with Crippen molar-refractivity contribution in [2.75, 3.05) is 0 Å². The number of para-hydroxylation sites is 1. The van der Waals surface area contributed by atoms with Crippen LogP contribution < -0.4 is 4.74 Å². The number of aromatic amines is 2. The van der Waals surface area contributed by atoms with Crippen molar-refractivity contribution in [3.05, 3.63) is 142 Å². The number of hydrogen-bond acceptors (Lipinski definition) is 3. The van der Waals surface area contributed by atoms with Crippen molar-refractivity contribution < 1.29 is 4.74 Å². The van der Waals surface area contributed by atoms with E-state index >= 15 is 0 Å². The molecule has 0 aliphatic carbocycles. The fourth-order valence-electron chi connectivity index (χ4n) is 5.85. The van der Waals surface area contributed by atoms with Gasteiger partial charge in [0.2, 0.25) is 0 Å². The van der Waals surface area contributed by atoms with Crippen molar-refractivity contribution in [3.63, 3.8) is 0 Å². The third kappa shape index (κ3) is 4.99. The molecule has 0 fully saturated rings. The minimum atomic E-state index is 0.646. The van der Waals surface area contributed by atoms with Gasteiger partial charge < -0.3 is 14.7 Å². The first-order valence-electron chi connectivity index (χ1n) is 14.8. The second kappa shape index (κ2) is 11.2. The number of fused-ring (bicyclic) bond motifs is 8. The number of H-pyrrole nitrogens is 2. The molecule has 216 valence electrons. The van der Waals surface area contributed by atoms with Gasteiger partial charge in [0.25, 0.3) is 0 Å². The molecule has 0 amide bonds. The minimum Gasteiger partial charge on any atom is -0.453 e. The molecule has 2 aliphatic heterocycles. The van der Waals surface area contributed by atoms with E-state index in [0.717, 1.165) is 82.9 Å². The Balaban J connectivity index is 1.52. The van der Waals surface area contributed by atoms with Gasteiger partial charge >= 0.3 is 0 Å². The third-order valence-corrected chi connectivity index (χ3v) is 8.91. The first kappa shape index (κ1) is 27.1. The van der Waals surface area contributed by atoms with Gasteiger partial charge in [0, 0.05) is 22.2 Å². The van der Waals surface area contributed by atoms with Crippen molar-refractivity contribution in [2.24, 2.45) is 0 Å². The Hall–Kier alpha value is -5.46. The average Bonchev–Trinajstić information content (AvgIpc) is 3.90. The van der Waals surface area contributed by atoms with Crippen LogP contribution in [0.15, 0.2) is 114 Å². The van der Waals surface area contributed by atoms with Crippen molar-refractivity contribution in [1.82, 2.24) is 19.9 Å². The lowest BCUT2D eigenvalue weighted by Crippen LogP contribution is -1.92. The summed E-state index contributed by atoms with van der Waals surface area (Å²) in [5.41, 5.74) is 12.1. The summed E-state index contributed by atoms with van der Waals surface area (Å²) in [7, 11) is 0. The molecule has 6 heteroatoms. The fraction of sp³-hybridized carbons (Fsp3) is 0.0256. The van der Waals surface area contributed by atoms with Gasteiger partial charge in [0.05, 0.1) is 32.6 Å². The summed E-state index contributed by atoms with van der Waals surface area (Å²) in [5, 5.41) is 0. The number of nitrogens with one attached hydrogen (secondary N) is 2. The molecule has 0 saturated carbocycles. The smallest absolute Gasteiger partial charge is 0.176 e. The highest BCUT2D eigenvalue weighted by molar-refractivity contribution is 9.10. The Morgan fingerprint density at radius 2 is 1.00 bits per heavy atom. The lowest BCUT2D eigenvalue weighted by Gasteiger charge is -2.09. The van der Waals surface area contributed by atoms with Crippen LogP contribution in [-0.4, -0.2) is 19.9 Å². The molecule has 5 heterocycles. The number of ether oxygens (including phenoxy) is 1. The second-order valence-electron chi connectivity index (χ2n) is 11.0. The molecule has 6 aromatic rings. The maximum absolute atomic E-state index is 6.71. The number of benzene rings is 3. The molecule has 0 atom stereocenters. The van der Waals surface area contributed by atoms with E-state index in [4.69, 9.17) is 14.7 Å². The van der Waals surface area contributed by atoms with E-state index in [9.17, 15) is 0 Å². The normalized spacial score (nSPS) is 12.0. The van der Waals surface area contributed by atoms with Gasteiger partial charge in [0.15, 0.2) is 5.75 Å². The molecule has 3 aromatic carbocycles. The monoisotopic (exact) mass is 646 g/mol. The average molecular weight is 648 g/mol. The van der Waals surface area contributed by atoms with Gasteiger partial charge in [-0.25, -0.2) is 9.97 Å². The largest absolute Gasteiger partial charge is 0.453 e. The Kier molecular flexibility index (Phi) is 6.77. The maximum atomic E-state index is 6.71. The molecule has 0 spiro atoms. The molecular weight excluding hydrogens is 620 g/mol. The van der Waals surface area contributed by atoms with Gasteiger partial charge in [-0.2, -0.15) is 0 Å². The third-order valence-electron chi connectivity index (χ3n) is 8.07. The number of rotatable bonds is 4. The van der Waals surface area contributed by atoms with Crippen LogP contribution in [0.2, 0.25) is 0 Å². The van der Waals surface area contributed by atoms with Crippen LogP contribution in [0.5, 0.6) is 11.5 Å². The van der Waals surface area contributed by atoms with Crippen LogP contribution in [0.3, 0.4) is 0 Å². The first-order valence-corrected chi connectivity index (χ1v) is 15.6. The lowest BCUT2D eigenvalue weighted by molar-refractivity contribution is 0.480. The molecule has 0 radical (unpaired) electrons. The Labute approximate surface area is 268 Å². The van der Waals surface area contributed by atoms with Crippen molar-refractivity contribution in [1.29, 1.82) is 0 Å². The van der Waals surface area contributed by atoms with E-state index in [1.807, 2.05) is 60.7 Å². The van der Waals surface area contributed by atoms with Gasteiger partial charge in [-0.3, -0.25) is 0 Å². The molecule has 8 bridgehead atoms. The summed E-state index contributed by atoms with van der Waals surface area (Å²) in [5.74, 6) is 1.42. The Bertz CT molecular complexity index is 2280. The van der Waals surface area contributed by atoms with E-state index < -0.39 is 0 Å². The number of halogens is 1. The Morgan fingerprint density at radius 1 is 0.511 bits per heavy atom. The summed E-state index contributed by atoms with van der Waals surface area (Å²) in [6, 6.07) is 37.1. The maximum Gasteiger partial charge on any atom is 0.176 e. The van der Waals surface area contributed by atoms with Crippen LogP contribution in [0, 0.1) is 6.92 Å². The van der Waals surface area contributed by atoms with Crippen LogP contribution in [-0.2, 0) is 0 Å². The molecular formula is C39H27BrN4O. The number of nitrogens with zero attached hydrogens (tertiary/aromatic N) is 2. The fourth-order valence-corrected chi connectivity index (χ4v) is 6.30. The van der Waals surface area contributed by atoms with Crippen molar-refractivity contribution in [2.45, 2.75) is 6.92 Å². The van der Waals surface area contributed by atoms with Gasteiger partial charge in [-0.05, 0) is 94.2 Å². The lowest BCUT2D eigenvalue weighted by atomic mass is 10.0. The molecule has 5 nitrogen and oxygen atoms in total. The zero-order valence-electron chi connectivity index (χ0n) is 24.4. The zero-order chi connectivity index (χ0) is 30.3. The SMILES string of the molecule is Cc1ccccc1Oc1c2nc(c(-c3ccccc3)c3ccc([nH]3)c(Br)c3nc(c(-c4ccccc4)c4ccc1[nH]4)C=C3)C=C2. The summed E-state index contributed by atoms with van der Waals surface area (Å²) in [6.07, 6.45) is 8.22. The zero-order valence-corrected chi connectivity index (χ0v) is 26.0. The highest BCUT2D eigenvalue weighted by Crippen LogP contribution is 2.38. The summed E-state index contributed by atoms with van der Waals surface area (Å²) in [4.78, 5) is 17.6. The highest BCUT2D eigenvalue weighted by atomic mass is 79.9. The minimum absolute atomic E-state index is 0.646. The van der Waals surface area contributed by atoms with E-state index in [-0.39, 0.29) is 0 Å². The molecule has 3 aromatic heterocycles. The Morgan fingerprint density at radius 3 is 1.64 bits per heavy atom. The standard InChI is InChI=1S/C39H27BrN4O/c1-24-10-8-9-15-35(24)45-39-33-22-18-29(43-33)36(25-11-4-2-5-12-25)27-16-20-31(41-27)38(40)32-21-17-28(42-32)37(26-13-6-3-7-14-26)30-19-23-34(39)44-30/h2-23,41,44H,1H3. The van der Waals surface area contributed by atoms with Gasteiger partial charge in [-0.1, -0.05) is 78.9 Å². The molecule has 2 aliphatic rings. The summed E-state index contributed by atoms with van der Waals surface area (Å²) in [6.45, 7) is 2.05. The van der Waals surface area contributed by atoms with Crippen molar-refractivity contribution >= 4 is 62.3 Å². The van der Waals surface area contributed by atoms with Crippen LogP contribution in [0.4, 0.5) is 0 Å². The predicted molar refractivity (Wildman–Crippen MR) is 189 cm³/mol. The van der Waals surface area contributed by atoms with E-state index in [2.05, 4.69) is 106 Å². The topological polar surface area (TPSA) is 66.6 Å². The van der Waals surface area contributed by atoms with Crippen LogP contribution >= 0.6 is 15.9 Å². The predicted octanol–water partition coefficient (Wildman–Crippen LogP) is 10.9. The van der Waals surface area contributed by atoms with E-state index in [1.54, 1.807) is 0 Å². The van der Waals surface area contributed by atoms with Crippen LogP contribution in [0.1, 0.15) is 28.3 Å². The van der Waals surface area contributed by atoms with E-state index in [1.165, 1.54) is 0 Å². The first-order chi connectivity index (χ1) is 22.1.